The zero-order chi connectivity index (χ0) is 15.2. The highest BCUT2D eigenvalue weighted by atomic mass is 15.1. The minimum atomic E-state index is 0.479. The summed E-state index contributed by atoms with van der Waals surface area (Å²) in [5.41, 5.74) is 4.18. The Balaban J connectivity index is 1.88. The first-order valence-corrected chi connectivity index (χ1v) is 8.60. The zero-order valence-electron chi connectivity index (χ0n) is 14.3. The lowest BCUT2D eigenvalue weighted by atomic mass is 9.94. The van der Waals surface area contributed by atoms with Crippen LogP contribution in [0.15, 0.2) is 18.2 Å². The fourth-order valence-electron chi connectivity index (χ4n) is 3.62. The Bertz CT molecular complexity index is 413. The lowest BCUT2D eigenvalue weighted by Gasteiger charge is -2.32. The third kappa shape index (κ3) is 4.82. The van der Waals surface area contributed by atoms with Gasteiger partial charge >= 0.3 is 0 Å². The molecule has 2 rings (SSSR count). The number of benzene rings is 1. The fourth-order valence-corrected chi connectivity index (χ4v) is 3.62. The number of rotatable bonds is 6. The molecule has 0 radical (unpaired) electrons. The second-order valence-electron chi connectivity index (χ2n) is 6.74. The second kappa shape index (κ2) is 7.95. The van der Waals surface area contributed by atoms with E-state index in [1.54, 1.807) is 0 Å². The third-order valence-electron chi connectivity index (χ3n) is 5.01. The van der Waals surface area contributed by atoms with E-state index in [9.17, 15) is 0 Å². The van der Waals surface area contributed by atoms with E-state index in [1.165, 1.54) is 62.0 Å². The molecule has 1 heterocycles. The molecule has 1 atom stereocenters. The molecule has 21 heavy (non-hydrogen) atoms. The van der Waals surface area contributed by atoms with Gasteiger partial charge in [-0.25, -0.2) is 0 Å². The molecule has 1 aromatic rings. The number of hydrogen-bond acceptors (Lipinski definition) is 2. The Morgan fingerprint density at radius 3 is 2.29 bits per heavy atom. The molecular formula is C19H32N2. The quantitative estimate of drug-likeness (QED) is 0.848. The van der Waals surface area contributed by atoms with E-state index in [0.29, 0.717) is 6.04 Å². The van der Waals surface area contributed by atoms with Gasteiger partial charge < -0.3 is 10.2 Å². The van der Waals surface area contributed by atoms with Crippen LogP contribution in [0, 0.1) is 19.8 Å². The Kier molecular flexibility index (Phi) is 6.25. The largest absolute Gasteiger partial charge is 0.313 e. The van der Waals surface area contributed by atoms with Crippen LogP contribution in [0.2, 0.25) is 0 Å². The summed E-state index contributed by atoms with van der Waals surface area (Å²) in [6.45, 7) is 10.5. The maximum atomic E-state index is 3.51. The first kappa shape index (κ1) is 16.5. The highest BCUT2D eigenvalue weighted by molar-refractivity contribution is 5.30. The van der Waals surface area contributed by atoms with Gasteiger partial charge in [0, 0.05) is 6.04 Å². The van der Waals surface area contributed by atoms with Crippen molar-refractivity contribution in [1.29, 1.82) is 0 Å². The van der Waals surface area contributed by atoms with E-state index in [4.69, 9.17) is 0 Å². The maximum absolute atomic E-state index is 3.51. The smallest absolute Gasteiger partial charge is 0.0329 e. The topological polar surface area (TPSA) is 15.3 Å². The van der Waals surface area contributed by atoms with E-state index >= 15 is 0 Å². The van der Waals surface area contributed by atoms with E-state index in [2.05, 4.69) is 56.2 Å². The predicted molar refractivity (Wildman–Crippen MR) is 91.8 cm³/mol. The number of hydrogen-bond donors (Lipinski definition) is 1. The Hall–Kier alpha value is -0.860. The van der Waals surface area contributed by atoms with E-state index in [-0.39, 0.29) is 0 Å². The maximum Gasteiger partial charge on any atom is 0.0329 e. The van der Waals surface area contributed by atoms with Crippen LogP contribution in [0.5, 0.6) is 0 Å². The molecule has 0 aliphatic carbocycles. The Labute approximate surface area is 130 Å². The van der Waals surface area contributed by atoms with Gasteiger partial charge in [-0.2, -0.15) is 0 Å². The average Bonchev–Trinajstić information content (AvgIpc) is 2.47. The van der Waals surface area contributed by atoms with Gasteiger partial charge in [0.15, 0.2) is 0 Å². The van der Waals surface area contributed by atoms with Gasteiger partial charge in [0.25, 0.3) is 0 Å². The predicted octanol–water partition coefficient (Wildman–Crippen LogP) is 4.08. The van der Waals surface area contributed by atoms with Crippen molar-refractivity contribution in [3.63, 3.8) is 0 Å². The summed E-state index contributed by atoms with van der Waals surface area (Å²) in [6.07, 6.45) is 5.35. The van der Waals surface area contributed by atoms with Crippen molar-refractivity contribution in [3.05, 3.63) is 34.9 Å². The van der Waals surface area contributed by atoms with Crippen LogP contribution in [0.4, 0.5) is 0 Å². The summed E-state index contributed by atoms with van der Waals surface area (Å²) >= 11 is 0. The van der Waals surface area contributed by atoms with Crippen LogP contribution < -0.4 is 5.32 Å². The first-order valence-electron chi connectivity index (χ1n) is 8.60. The minimum Gasteiger partial charge on any atom is -0.313 e. The highest BCUT2D eigenvalue weighted by Gasteiger charge is 2.19. The van der Waals surface area contributed by atoms with Crippen LogP contribution in [-0.2, 0) is 0 Å². The lowest BCUT2D eigenvalue weighted by molar-refractivity contribution is 0.175. The molecule has 2 heteroatoms. The molecular weight excluding hydrogens is 256 g/mol. The van der Waals surface area contributed by atoms with Crippen molar-refractivity contribution in [2.75, 3.05) is 26.7 Å². The molecule has 0 saturated carbocycles. The fraction of sp³-hybridized carbons (Fsp3) is 0.684. The van der Waals surface area contributed by atoms with Crippen molar-refractivity contribution >= 4 is 0 Å². The van der Waals surface area contributed by atoms with E-state index in [0.717, 1.165) is 5.92 Å². The number of aryl methyl sites for hydroxylation is 2. The molecule has 0 amide bonds. The summed E-state index contributed by atoms with van der Waals surface area (Å²) in [5, 5.41) is 3.51. The van der Waals surface area contributed by atoms with Crippen LogP contribution in [0.3, 0.4) is 0 Å². The molecule has 1 fully saturated rings. The molecule has 1 aliphatic heterocycles. The average molecular weight is 288 g/mol. The number of nitrogens with zero attached hydrogens (tertiary/aromatic N) is 1. The van der Waals surface area contributed by atoms with Crippen LogP contribution >= 0.6 is 0 Å². The van der Waals surface area contributed by atoms with Crippen molar-refractivity contribution in [2.24, 2.45) is 5.92 Å². The summed E-state index contributed by atoms with van der Waals surface area (Å²) < 4.78 is 0. The molecule has 2 nitrogen and oxygen atoms in total. The monoisotopic (exact) mass is 288 g/mol. The normalized spacial score (nSPS) is 18.9. The molecule has 1 aromatic carbocycles. The molecule has 1 N–H and O–H groups in total. The SMILES string of the molecule is CCC1CCN(CCC(NC)c2cc(C)cc(C)c2)CC1. The molecule has 1 saturated heterocycles. The van der Waals surface area contributed by atoms with E-state index < -0.39 is 0 Å². The number of nitrogens with one attached hydrogen (secondary N) is 1. The van der Waals surface area contributed by atoms with Gasteiger partial charge in [-0.1, -0.05) is 42.7 Å². The zero-order valence-corrected chi connectivity index (χ0v) is 14.3. The molecule has 0 bridgehead atoms. The molecule has 1 aliphatic rings. The third-order valence-corrected chi connectivity index (χ3v) is 5.01. The summed E-state index contributed by atoms with van der Waals surface area (Å²) in [7, 11) is 2.09. The molecule has 0 aromatic heterocycles. The van der Waals surface area contributed by atoms with Crippen molar-refractivity contribution < 1.29 is 0 Å². The Morgan fingerprint density at radius 2 is 1.76 bits per heavy atom. The molecule has 0 spiro atoms. The minimum absolute atomic E-state index is 0.479. The van der Waals surface area contributed by atoms with Gasteiger partial charge in [0.1, 0.15) is 0 Å². The summed E-state index contributed by atoms with van der Waals surface area (Å²) in [4.78, 5) is 2.65. The standard InChI is InChI=1S/C19H32N2/c1-5-17-6-9-21(10-7-17)11-8-19(20-4)18-13-15(2)12-16(3)14-18/h12-14,17,19-20H,5-11H2,1-4H3. The summed E-state index contributed by atoms with van der Waals surface area (Å²) in [6, 6.07) is 7.40. The second-order valence-corrected chi connectivity index (χ2v) is 6.74. The summed E-state index contributed by atoms with van der Waals surface area (Å²) in [5.74, 6) is 0.973. The molecule has 118 valence electrons. The Morgan fingerprint density at radius 1 is 1.14 bits per heavy atom. The van der Waals surface area contributed by atoms with E-state index in [1.807, 2.05) is 0 Å². The van der Waals surface area contributed by atoms with Gasteiger partial charge in [-0.3, -0.25) is 0 Å². The van der Waals surface area contributed by atoms with Crippen LogP contribution in [0.25, 0.3) is 0 Å². The molecule has 1 unspecified atom stereocenters. The van der Waals surface area contributed by atoms with Gasteiger partial charge in [0.2, 0.25) is 0 Å². The van der Waals surface area contributed by atoms with Crippen molar-refractivity contribution in [3.8, 4) is 0 Å². The van der Waals surface area contributed by atoms with Gasteiger partial charge in [-0.15, -0.1) is 0 Å². The van der Waals surface area contributed by atoms with Crippen LogP contribution in [-0.4, -0.2) is 31.6 Å². The number of likely N-dealkylation sites (tertiary alicyclic amines) is 1. The number of piperidine rings is 1. The van der Waals surface area contributed by atoms with Crippen LogP contribution in [0.1, 0.15) is 55.3 Å². The van der Waals surface area contributed by atoms with Crippen molar-refractivity contribution in [2.45, 2.75) is 52.5 Å². The van der Waals surface area contributed by atoms with Gasteiger partial charge in [0.05, 0.1) is 0 Å². The van der Waals surface area contributed by atoms with Crippen molar-refractivity contribution in [1.82, 2.24) is 10.2 Å². The highest BCUT2D eigenvalue weighted by Crippen LogP contribution is 2.23. The van der Waals surface area contributed by atoms with Gasteiger partial charge in [-0.05, 0) is 71.3 Å². The first-order chi connectivity index (χ1) is 10.1. The lowest BCUT2D eigenvalue weighted by Crippen LogP contribution is -2.35.